The first-order valence-electron chi connectivity index (χ1n) is 13.6. The van der Waals surface area contributed by atoms with E-state index in [0.29, 0.717) is 42.9 Å². The van der Waals surface area contributed by atoms with Gasteiger partial charge < -0.3 is 14.5 Å². The molecule has 0 aliphatic carbocycles. The molecule has 38 heavy (non-hydrogen) atoms. The van der Waals surface area contributed by atoms with Crippen LogP contribution in [-0.2, 0) is 36.7 Å². The third kappa shape index (κ3) is 9.98. The van der Waals surface area contributed by atoms with E-state index >= 15 is 0 Å². The smallest absolute Gasteiger partial charge is 0.240 e. The van der Waals surface area contributed by atoms with Crippen LogP contribution in [0, 0.1) is 11.8 Å². The number of hydrogen-bond donors (Lipinski definition) is 2. The number of hydrogen-bond acceptors (Lipinski definition) is 6. The highest BCUT2D eigenvalue weighted by Gasteiger charge is 2.16. The van der Waals surface area contributed by atoms with E-state index in [2.05, 4.69) is 57.2 Å². The molecule has 9 nitrogen and oxygen atoms in total. The van der Waals surface area contributed by atoms with E-state index in [-0.39, 0.29) is 0 Å². The van der Waals surface area contributed by atoms with Gasteiger partial charge in [0.2, 0.25) is 10.0 Å². The molecule has 0 aliphatic heterocycles. The van der Waals surface area contributed by atoms with Crippen LogP contribution in [0.2, 0.25) is 0 Å². The molecule has 0 saturated heterocycles. The van der Waals surface area contributed by atoms with E-state index in [1.807, 2.05) is 36.1 Å². The van der Waals surface area contributed by atoms with Gasteiger partial charge in [-0.15, -0.1) is 0 Å². The Morgan fingerprint density at radius 3 is 2.21 bits per heavy atom. The molecule has 0 unspecified atom stereocenters. The van der Waals surface area contributed by atoms with Crippen LogP contribution < -0.4 is 4.72 Å². The Kier molecular flexibility index (Phi) is 11.5. The maximum absolute atomic E-state index is 12.9. The zero-order chi connectivity index (χ0) is 27.5. The van der Waals surface area contributed by atoms with Crippen LogP contribution >= 0.6 is 0 Å². The monoisotopic (exact) mass is 543 g/mol. The predicted molar refractivity (Wildman–Crippen MR) is 152 cm³/mol. The fraction of sp³-hybridized carbons (Fsp3) is 0.571. The first kappa shape index (κ1) is 30.0. The van der Waals surface area contributed by atoms with Gasteiger partial charge >= 0.3 is 0 Å². The first-order chi connectivity index (χ1) is 18.1. The van der Waals surface area contributed by atoms with Crippen LogP contribution in [0.5, 0.6) is 0 Å². The van der Waals surface area contributed by atoms with Gasteiger partial charge in [0.25, 0.3) is 0 Å². The van der Waals surface area contributed by atoms with Crippen LogP contribution in [0.25, 0.3) is 0 Å². The molecule has 3 aromatic rings. The molecule has 0 spiro atoms. The van der Waals surface area contributed by atoms with Gasteiger partial charge in [0.1, 0.15) is 11.6 Å². The zero-order valence-corrected chi connectivity index (χ0v) is 24.4. The van der Waals surface area contributed by atoms with Crippen molar-refractivity contribution in [3.8, 4) is 0 Å². The first-order valence-corrected chi connectivity index (χ1v) is 15.1. The Bertz CT molecular complexity index is 1160. The molecular weight excluding hydrogens is 498 g/mol. The normalized spacial score (nSPS) is 12.4. The number of rotatable bonds is 17. The van der Waals surface area contributed by atoms with Crippen LogP contribution in [-0.4, -0.2) is 63.9 Å². The number of nitrogens with zero attached hydrogens (tertiary/aromatic N) is 5. The van der Waals surface area contributed by atoms with Gasteiger partial charge in [0.05, 0.1) is 18.0 Å². The summed E-state index contributed by atoms with van der Waals surface area (Å²) in [6.45, 7) is 14.5. The Balaban J connectivity index is 1.52. The fourth-order valence-electron chi connectivity index (χ4n) is 4.59. The summed E-state index contributed by atoms with van der Waals surface area (Å²) in [5, 5.41) is 0. The van der Waals surface area contributed by atoms with Crippen LogP contribution in [0.3, 0.4) is 0 Å². The number of sulfonamides is 1. The molecule has 0 saturated carbocycles. The second kappa shape index (κ2) is 14.6. The van der Waals surface area contributed by atoms with Crippen molar-refractivity contribution in [3.63, 3.8) is 0 Å². The van der Waals surface area contributed by atoms with Crippen molar-refractivity contribution in [1.82, 2.24) is 34.0 Å². The number of aromatic nitrogens is 4. The van der Waals surface area contributed by atoms with Crippen molar-refractivity contribution in [2.45, 2.75) is 65.1 Å². The van der Waals surface area contributed by atoms with E-state index in [4.69, 9.17) is 0 Å². The SMILES string of the molecule is CC(C)CN(CCCCNS(=O)(=O)c1ccc(CN(Cc2ncc[nH]2)Cc2nccn2C)cc1)CC(C)C. The van der Waals surface area contributed by atoms with Gasteiger partial charge in [-0.2, -0.15) is 0 Å². The van der Waals surface area contributed by atoms with Gasteiger partial charge in [-0.1, -0.05) is 39.8 Å². The van der Waals surface area contributed by atoms with Crippen molar-refractivity contribution in [2.75, 3.05) is 26.2 Å². The molecule has 1 aromatic carbocycles. The molecule has 0 bridgehead atoms. The number of imidazole rings is 2. The summed E-state index contributed by atoms with van der Waals surface area (Å²) in [4.78, 5) is 17.0. The largest absolute Gasteiger partial charge is 0.348 e. The lowest BCUT2D eigenvalue weighted by molar-refractivity contribution is 0.216. The van der Waals surface area contributed by atoms with Crippen molar-refractivity contribution < 1.29 is 8.42 Å². The summed E-state index contributed by atoms with van der Waals surface area (Å²) >= 11 is 0. The molecule has 0 fully saturated rings. The lowest BCUT2D eigenvalue weighted by atomic mass is 10.1. The molecule has 2 N–H and O–H groups in total. The van der Waals surface area contributed by atoms with E-state index in [1.54, 1.807) is 24.5 Å². The number of unbranched alkanes of at least 4 members (excludes halogenated alkanes) is 1. The number of aryl methyl sites for hydroxylation is 1. The second-order valence-electron chi connectivity index (χ2n) is 10.9. The number of aromatic amines is 1. The highest BCUT2D eigenvalue weighted by atomic mass is 32.2. The molecule has 0 aliphatic rings. The molecule has 0 amide bonds. The fourth-order valence-corrected chi connectivity index (χ4v) is 5.66. The lowest BCUT2D eigenvalue weighted by Crippen LogP contribution is -2.33. The van der Waals surface area contributed by atoms with Crippen LogP contribution in [0.4, 0.5) is 0 Å². The van der Waals surface area contributed by atoms with Gasteiger partial charge in [0.15, 0.2) is 0 Å². The minimum atomic E-state index is -3.54. The third-order valence-electron chi connectivity index (χ3n) is 6.29. The summed E-state index contributed by atoms with van der Waals surface area (Å²) < 4.78 is 30.5. The van der Waals surface area contributed by atoms with Crippen molar-refractivity contribution in [3.05, 3.63) is 66.3 Å². The Hall–Kier alpha value is -2.53. The summed E-state index contributed by atoms with van der Waals surface area (Å²) in [7, 11) is -1.56. The Labute approximate surface area is 228 Å². The average Bonchev–Trinajstić information content (AvgIpc) is 3.50. The molecule has 10 heteroatoms. The van der Waals surface area contributed by atoms with E-state index in [1.165, 1.54) is 0 Å². The van der Waals surface area contributed by atoms with Crippen LogP contribution in [0.1, 0.15) is 57.7 Å². The van der Waals surface area contributed by atoms with Crippen molar-refractivity contribution in [2.24, 2.45) is 18.9 Å². The third-order valence-corrected chi connectivity index (χ3v) is 7.77. The van der Waals surface area contributed by atoms with Gasteiger partial charge in [0, 0.05) is 58.0 Å². The molecule has 0 radical (unpaired) electrons. The zero-order valence-electron chi connectivity index (χ0n) is 23.6. The van der Waals surface area contributed by atoms with E-state index in [0.717, 1.165) is 49.7 Å². The van der Waals surface area contributed by atoms with Gasteiger partial charge in [-0.25, -0.2) is 23.1 Å². The molecule has 3 rings (SSSR count). The molecule has 2 heterocycles. The summed E-state index contributed by atoms with van der Waals surface area (Å²) in [5.41, 5.74) is 1.03. The second-order valence-corrected chi connectivity index (χ2v) is 12.7. The molecular formula is C28H45N7O2S. The summed E-state index contributed by atoms with van der Waals surface area (Å²) in [6, 6.07) is 7.16. The standard InChI is InChI=1S/C28H45N7O2S/c1-23(2)18-34(19-24(3)4)16-7-6-12-32-38(36,37)26-10-8-25(9-11-26)20-35(21-27-29-13-14-30-27)22-28-31-15-17-33(28)5/h8-11,13-15,17,23-24,32H,6-7,12,16,18-22H2,1-5H3,(H,29,30). The van der Waals surface area contributed by atoms with Crippen molar-refractivity contribution >= 4 is 10.0 Å². The quantitative estimate of drug-likeness (QED) is 0.250. The van der Waals surface area contributed by atoms with Crippen LogP contribution in [0.15, 0.2) is 53.9 Å². The molecule has 0 atom stereocenters. The lowest BCUT2D eigenvalue weighted by Gasteiger charge is -2.26. The summed E-state index contributed by atoms with van der Waals surface area (Å²) in [5.74, 6) is 3.08. The van der Waals surface area contributed by atoms with Gasteiger partial charge in [-0.3, -0.25) is 4.90 Å². The minimum Gasteiger partial charge on any atom is -0.348 e. The highest BCUT2D eigenvalue weighted by molar-refractivity contribution is 7.89. The maximum Gasteiger partial charge on any atom is 0.240 e. The highest BCUT2D eigenvalue weighted by Crippen LogP contribution is 2.15. The van der Waals surface area contributed by atoms with E-state index < -0.39 is 10.0 Å². The Morgan fingerprint density at radius 1 is 0.921 bits per heavy atom. The molecule has 210 valence electrons. The Morgan fingerprint density at radius 2 is 1.63 bits per heavy atom. The maximum atomic E-state index is 12.9. The summed E-state index contributed by atoms with van der Waals surface area (Å²) in [6.07, 6.45) is 9.07. The predicted octanol–water partition coefficient (Wildman–Crippen LogP) is 4.02. The topological polar surface area (TPSA) is 99.2 Å². The minimum absolute atomic E-state index is 0.296. The average molecular weight is 544 g/mol. The number of H-pyrrole nitrogens is 1. The van der Waals surface area contributed by atoms with Crippen molar-refractivity contribution in [1.29, 1.82) is 0 Å². The molecule has 2 aromatic heterocycles. The number of nitrogens with one attached hydrogen (secondary N) is 2. The van der Waals surface area contributed by atoms with E-state index in [9.17, 15) is 8.42 Å². The number of benzene rings is 1. The van der Waals surface area contributed by atoms with Gasteiger partial charge in [-0.05, 0) is 48.9 Å².